The third kappa shape index (κ3) is 2.81. The molecule has 0 aliphatic heterocycles. The molecule has 0 saturated carbocycles. The van der Waals surface area contributed by atoms with Gasteiger partial charge in [0.2, 0.25) is 16.5 Å². The quantitative estimate of drug-likeness (QED) is 0.863. The highest BCUT2D eigenvalue weighted by Gasteiger charge is 2.09. The van der Waals surface area contributed by atoms with Gasteiger partial charge in [0.25, 0.3) is 0 Å². The molecule has 0 fully saturated rings. The van der Waals surface area contributed by atoms with Crippen molar-refractivity contribution in [1.82, 2.24) is 15.0 Å². The summed E-state index contributed by atoms with van der Waals surface area (Å²) in [5, 5.41) is 2.23. The van der Waals surface area contributed by atoms with Gasteiger partial charge < -0.3 is 4.90 Å². The molecule has 7 heteroatoms. The Labute approximate surface area is 107 Å². The Morgan fingerprint density at radius 2 is 1.94 bits per heavy atom. The van der Waals surface area contributed by atoms with Crippen molar-refractivity contribution in [2.24, 2.45) is 0 Å². The number of anilines is 1. The molecule has 0 aliphatic carbocycles. The van der Waals surface area contributed by atoms with E-state index >= 15 is 0 Å². The number of hydrogen-bond acceptors (Lipinski definition) is 5. The third-order valence-corrected chi connectivity index (χ3v) is 3.08. The highest BCUT2D eigenvalue weighted by atomic mass is 35.5. The second-order valence-corrected chi connectivity index (χ2v) is 4.82. The minimum absolute atomic E-state index is 0.105. The van der Waals surface area contributed by atoms with E-state index in [0.717, 1.165) is 0 Å². The summed E-state index contributed by atoms with van der Waals surface area (Å²) in [6, 6.07) is 4.05. The van der Waals surface area contributed by atoms with Crippen molar-refractivity contribution in [3.8, 4) is 0 Å². The van der Waals surface area contributed by atoms with Crippen LogP contribution < -0.4 is 4.90 Å². The fourth-order valence-corrected chi connectivity index (χ4v) is 2.31. The Bertz CT molecular complexity index is 454. The van der Waals surface area contributed by atoms with Gasteiger partial charge in [-0.3, -0.25) is 0 Å². The summed E-state index contributed by atoms with van der Waals surface area (Å²) in [4.78, 5) is 14.8. The normalized spacial score (nSPS) is 10.4. The summed E-state index contributed by atoms with van der Waals surface area (Å²) in [6.07, 6.45) is 0. The van der Waals surface area contributed by atoms with E-state index in [1.54, 1.807) is 11.3 Å². The molecule has 0 aromatic carbocycles. The van der Waals surface area contributed by atoms with Crippen molar-refractivity contribution in [3.05, 3.63) is 33.0 Å². The second kappa shape index (κ2) is 4.95. The molecule has 4 nitrogen and oxygen atoms in total. The molecule has 0 spiro atoms. The molecule has 16 heavy (non-hydrogen) atoms. The van der Waals surface area contributed by atoms with Gasteiger partial charge in [0.05, 0.1) is 6.54 Å². The van der Waals surface area contributed by atoms with Crippen LogP contribution in [0.1, 0.15) is 4.88 Å². The van der Waals surface area contributed by atoms with Gasteiger partial charge in [0, 0.05) is 11.9 Å². The molecule has 0 N–H and O–H groups in total. The van der Waals surface area contributed by atoms with Crippen molar-refractivity contribution in [1.29, 1.82) is 0 Å². The van der Waals surface area contributed by atoms with E-state index in [1.165, 1.54) is 4.88 Å². The number of hydrogen-bond donors (Lipinski definition) is 0. The smallest absolute Gasteiger partial charge is 0.231 e. The van der Waals surface area contributed by atoms with Gasteiger partial charge in [-0.2, -0.15) is 15.0 Å². The van der Waals surface area contributed by atoms with Crippen LogP contribution in [0.3, 0.4) is 0 Å². The first-order chi connectivity index (χ1) is 7.65. The topological polar surface area (TPSA) is 41.9 Å². The molecule has 0 atom stereocenters. The molecule has 84 valence electrons. The average molecular weight is 275 g/mol. The highest BCUT2D eigenvalue weighted by Crippen LogP contribution is 2.17. The molecule has 2 aromatic rings. The molecule has 0 amide bonds. The van der Waals surface area contributed by atoms with Crippen LogP contribution in [-0.4, -0.2) is 22.0 Å². The third-order valence-electron chi connectivity index (χ3n) is 1.88. The van der Waals surface area contributed by atoms with Crippen LogP contribution >= 0.6 is 34.5 Å². The van der Waals surface area contributed by atoms with Crippen LogP contribution in [0, 0.1) is 0 Å². The van der Waals surface area contributed by atoms with E-state index in [1.807, 2.05) is 29.5 Å². The van der Waals surface area contributed by atoms with Crippen molar-refractivity contribution < 1.29 is 0 Å². The maximum atomic E-state index is 5.71. The van der Waals surface area contributed by atoms with Gasteiger partial charge in [-0.25, -0.2) is 0 Å². The minimum Gasteiger partial charge on any atom is -0.339 e. The molecule has 2 rings (SSSR count). The van der Waals surface area contributed by atoms with Crippen LogP contribution in [0.4, 0.5) is 5.95 Å². The lowest BCUT2D eigenvalue weighted by molar-refractivity contribution is 0.862. The monoisotopic (exact) mass is 274 g/mol. The van der Waals surface area contributed by atoms with Gasteiger partial charge >= 0.3 is 0 Å². The second-order valence-electron chi connectivity index (χ2n) is 3.11. The fourth-order valence-electron chi connectivity index (χ4n) is 1.19. The molecule has 0 bridgehead atoms. The van der Waals surface area contributed by atoms with Crippen molar-refractivity contribution >= 4 is 40.5 Å². The van der Waals surface area contributed by atoms with Gasteiger partial charge in [-0.15, -0.1) is 11.3 Å². The number of thiophene rings is 1. The van der Waals surface area contributed by atoms with E-state index in [4.69, 9.17) is 23.2 Å². The summed E-state index contributed by atoms with van der Waals surface area (Å²) < 4.78 is 0. The first-order valence-electron chi connectivity index (χ1n) is 4.46. The molecule has 2 heterocycles. The predicted octanol–water partition coefficient (Wildman–Crippen LogP) is 2.88. The van der Waals surface area contributed by atoms with E-state index in [0.29, 0.717) is 12.5 Å². The molecule has 2 aromatic heterocycles. The molecule has 0 radical (unpaired) electrons. The maximum Gasteiger partial charge on any atom is 0.231 e. The Morgan fingerprint density at radius 3 is 2.50 bits per heavy atom. The zero-order valence-electron chi connectivity index (χ0n) is 8.39. The van der Waals surface area contributed by atoms with Crippen LogP contribution in [0.5, 0.6) is 0 Å². The SMILES string of the molecule is CN(Cc1cccs1)c1nc(Cl)nc(Cl)n1. The minimum atomic E-state index is 0.105. The van der Waals surface area contributed by atoms with Crippen LogP contribution in [0.15, 0.2) is 17.5 Å². The van der Waals surface area contributed by atoms with Crippen LogP contribution in [0.2, 0.25) is 10.6 Å². The average Bonchev–Trinajstić information content (AvgIpc) is 2.68. The van der Waals surface area contributed by atoms with Crippen LogP contribution in [-0.2, 0) is 6.54 Å². The predicted molar refractivity (Wildman–Crippen MR) is 66.3 cm³/mol. The van der Waals surface area contributed by atoms with Crippen molar-refractivity contribution in [2.45, 2.75) is 6.54 Å². The molecular formula is C9H8Cl2N4S. The summed E-state index contributed by atoms with van der Waals surface area (Å²) >= 11 is 13.1. The van der Waals surface area contributed by atoms with E-state index < -0.39 is 0 Å². The van der Waals surface area contributed by atoms with Crippen molar-refractivity contribution in [2.75, 3.05) is 11.9 Å². The molecule has 0 saturated heterocycles. The standard InChI is InChI=1S/C9H8Cl2N4S/c1-15(5-6-3-2-4-16-6)9-13-7(10)12-8(11)14-9/h2-4H,5H2,1H3. The fraction of sp³-hybridized carbons (Fsp3) is 0.222. The number of halogens is 2. The largest absolute Gasteiger partial charge is 0.339 e. The highest BCUT2D eigenvalue weighted by molar-refractivity contribution is 7.09. The number of nitrogens with zero attached hydrogens (tertiary/aromatic N) is 4. The summed E-state index contributed by atoms with van der Waals surface area (Å²) in [5.74, 6) is 0.471. The van der Waals surface area contributed by atoms with Gasteiger partial charge in [-0.05, 0) is 34.6 Å². The lowest BCUT2D eigenvalue weighted by Gasteiger charge is -2.15. The van der Waals surface area contributed by atoms with Crippen molar-refractivity contribution in [3.63, 3.8) is 0 Å². The lowest BCUT2D eigenvalue weighted by Crippen LogP contribution is -2.18. The molecular weight excluding hydrogens is 267 g/mol. The summed E-state index contributed by atoms with van der Waals surface area (Å²) in [7, 11) is 1.88. The van der Waals surface area contributed by atoms with E-state index in [2.05, 4.69) is 15.0 Å². The van der Waals surface area contributed by atoms with E-state index in [9.17, 15) is 0 Å². The summed E-state index contributed by atoms with van der Waals surface area (Å²) in [5.41, 5.74) is 0. The zero-order valence-corrected chi connectivity index (χ0v) is 10.7. The maximum absolute atomic E-state index is 5.71. The van der Waals surface area contributed by atoms with Crippen LogP contribution in [0.25, 0.3) is 0 Å². The van der Waals surface area contributed by atoms with Gasteiger partial charge in [0.1, 0.15) is 0 Å². The van der Waals surface area contributed by atoms with Gasteiger partial charge in [0.15, 0.2) is 0 Å². The Balaban J connectivity index is 2.17. The Morgan fingerprint density at radius 1 is 1.25 bits per heavy atom. The first-order valence-corrected chi connectivity index (χ1v) is 6.09. The lowest BCUT2D eigenvalue weighted by atomic mass is 10.4. The number of aromatic nitrogens is 3. The summed E-state index contributed by atoms with van der Waals surface area (Å²) in [6.45, 7) is 0.717. The van der Waals surface area contributed by atoms with E-state index in [-0.39, 0.29) is 10.6 Å². The Kier molecular flexibility index (Phi) is 3.58. The number of rotatable bonds is 3. The Hall–Kier alpha value is -0.910. The zero-order chi connectivity index (χ0) is 11.5. The first kappa shape index (κ1) is 11.6. The van der Waals surface area contributed by atoms with Gasteiger partial charge in [-0.1, -0.05) is 6.07 Å². The molecule has 0 aliphatic rings. The molecule has 0 unspecified atom stereocenters.